The monoisotopic (exact) mass is 356 g/mol. The first-order valence-corrected chi connectivity index (χ1v) is 8.03. The molecule has 1 heterocycles. The van der Waals surface area contributed by atoms with Gasteiger partial charge in [0.05, 0.1) is 5.69 Å². The lowest BCUT2D eigenvalue weighted by atomic mass is 9.87. The molecule has 0 spiro atoms. The number of amides is 1. The minimum absolute atomic E-state index is 0.0211. The minimum Gasteiger partial charge on any atom is -0.319 e. The van der Waals surface area contributed by atoms with Gasteiger partial charge < -0.3 is 5.32 Å². The van der Waals surface area contributed by atoms with Crippen LogP contribution in [0.15, 0.2) is 48.8 Å². The molecule has 3 rings (SSSR count). The van der Waals surface area contributed by atoms with E-state index in [9.17, 15) is 13.6 Å². The van der Waals surface area contributed by atoms with Gasteiger partial charge in [0.25, 0.3) is 5.91 Å². The largest absolute Gasteiger partial charge is 0.319 e. The molecule has 0 fully saturated rings. The van der Waals surface area contributed by atoms with Gasteiger partial charge in [-0.05, 0) is 35.2 Å². The molecule has 5 nitrogen and oxygen atoms in total. The number of halogens is 2. The van der Waals surface area contributed by atoms with Crippen molar-refractivity contribution in [3.05, 3.63) is 71.8 Å². The highest BCUT2D eigenvalue weighted by molar-refractivity contribution is 6.01. The molecule has 0 aliphatic rings. The summed E-state index contributed by atoms with van der Waals surface area (Å²) in [5.41, 5.74) is 2.06. The minimum atomic E-state index is -0.997. The van der Waals surface area contributed by atoms with E-state index in [0.29, 0.717) is 5.69 Å². The zero-order valence-electron chi connectivity index (χ0n) is 14.6. The van der Waals surface area contributed by atoms with Crippen LogP contribution in [0.3, 0.4) is 0 Å². The summed E-state index contributed by atoms with van der Waals surface area (Å²) >= 11 is 0. The smallest absolute Gasteiger partial charge is 0.295 e. The number of benzene rings is 2. The zero-order chi connectivity index (χ0) is 18.9. The van der Waals surface area contributed by atoms with E-state index in [1.807, 2.05) is 24.3 Å². The number of nitrogens with zero attached hydrogens (tertiary/aromatic N) is 3. The molecule has 3 aromatic rings. The van der Waals surface area contributed by atoms with Crippen LogP contribution in [0.4, 0.5) is 14.5 Å². The molecule has 7 heteroatoms. The Morgan fingerprint density at radius 2 is 1.73 bits per heavy atom. The maximum Gasteiger partial charge on any atom is 0.295 e. The number of aromatic nitrogens is 3. The molecular weight excluding hydrogens is 338 g/mol. The number of rotatable bonds is 3. The zero-order valence-corrected chi connectivity index (χ0v) is 14.6. The van der Waals surface area contributed by atoms with Gasteiger partial charge in [0.2, 0.25) is 5.82 Å². The Morgan fingerprint density at radius 1 is 1.04 bits per heavy atom. The summed E-state index contributed by atoms with van der Waals surface area (Å²) < 4.78 is 27.5. The Balaban J connectivity index is 1.75. The van der Waals surface area contributed by atoms with E-state index < -0.39 is 17.5 Å². The van der Waals surface area contributed by atoms with Gasteiger partial charge in [0, 0.05) is 11.8 Å². The Hall–Kier alpha value is -3.09. The van der Waals surface area contributed by atoms with Crippen LogP contribution < -0.4 is 5.32 Å². The molecule has 1 amide bonds. The van der Waals surface area contributed by atoms with Gasteiger partial charge in [-0.25, -0.2) is 18.4 Å². The average molecular weight is 356 g/mol. The molecule has 0 unspecified atom stereocenters. The molecule has 26 heavy (non-hydrogen) atoms. The second kappa shape index (κ2) is 6.67. The van der Waals surface area contributed by atoms with Crippen LogP contribution in [-0.2, 0) is 5.41 Å². The van der Waals surface area contributed by atoms with Crippen molar-refractivity contribution in [2.75, 3.05) is 5.32 Å². The van der Waals surface area contributed by atoms with Gasteiger partial charge in [-0.15, -0.1) is 5.10 Å². The highest BCUT2D eigenvalue weighted by Gasteiger charge is 2.15. The van der Waals surface area contributed by atoms with Crippen LogP contribution in [0.1, 0.15) is 37.0 Å². The lowest BCUT2D eigenvalue weighted by Crippen LogP contribution is -2.15. The Kier molecular flexibility index (Phi) is 4.54. The summed E-state index contributed by atoms with van der Waals surface area (Å²) in [5.74, 6) is -2.52. The molecule has 1 N–H and O–H groups in total. The van der Waals surface area contributed by atoms with Gasteiger partial charge >= 0.3 is 0 Å². The Morgan fingerprint density at radius 3 is 2.35 bits per heavy atom. The van der Waals surface area contributed by atoms with Crippen molar-refractivity contribution < 1.29 is 13.6 Å². The highest BCUT2D eigenvalue weighted by atomic mass is 19.2. The second-order valence-electron chi connectivity index (χ2n) is 6.89. The molecular formula is C19H18F2N4O. The molecule has 2 aromatic carbocycles. The summed E-state index contributed by atoms with van der Waals surface area (Å²) in [6.45, 7) is 6.32. The van der Waals surface area contributed by atoms with E-state index in [1.54, 1.807) is 0 Å². The molecule has 0 atom stereocenters. The van der Waals surface area contributed by atoms with Gasteiger partial charge in [0.15, 0.2) is 11.6 Å². The van der Waals surface area contributed by atoms with E-state index in [4.69, 9.17) is 0 Å². The first-order chi connectivity index (χ1) is 12.2. The summed E-state index contributed by atoms with van der Waals surface area (Å²) in [6.07, 6.45) is 1.27. The fourth-order valence-electron chi connectivity index (χ4n) is 2.36. The number of anilines is 1. The number of nitrogens with one attached hydrogen (secondary N) is 1. The van der Waals surface area contributed by atoms with Gasteiger partial charge in [0.1, 0.15) is 6.33 Å². The van der Waals surface area contributed by atoms with Crippen LogP contribution in [-0.4, -0.2) is 20.7 Å². The molecule has 0 aliphatic heterocycles. The van der Waals surface area contributed by atoms with Crippen LogP contribution >= 0.6 is 0 Å². The first kappa shape index (κ1) is 17.7. The van der Waals surface area contributed by atoms with E-state index >= 15 is 0 Å². The number of hydrogen-bond acceptors (Lipinski definition) is 3. The standard InChI is InChI=1S/C19H18F2N4O/c1-19(2,3)12-4-6-13(7-5-12)23-18(26)17-22-11-25(24-17)14-8-9-15(20)16(21)10-14/h4-11H,1-3H3,(H,23,26). The summed E-state index contributed by atoms with van der Waals surface area (Å²) in [7, 11) is 0. The maximum atomic E-state index is 13.3. The second-order valence-corrected chi connectivity index (χ2v) is 6.89. The van der Waals surface area contributed by atoms with Crippen LogP contribution in [0.2, 0.25) is 0 Å². The van der Waals surface area contributed by atoms with Crippen LogP contribution in [0.25, 0.3) is 5.69 Å². The normalized spacial score (nSPS) is 11.4. The lowest BCUT2D eigenvalue weighted by molar-refractivity contribution is 0.101. The van der Waals surface area contributed by atoms with E-state index in [1.165, 1.54) is 17.1 Å². The number of carbonyl (C=O) groups is 1. The number of hydrogen-bond donors (Lipinski definition) is 1. The maximum absolute atomic E-state index is 13.3. The molecule has 134 valence electrons. The van der Waals surface area contributed by atoms with E-state index in [-0.39, 0.29) is 16.9 Å². The third-order valence-corrected chi connectivity index (χ3v) is 3.87. The Bertz CT molecular complexity index is 943. The predicted molar refractivity (Wildman–Crippen MR) is 94.4 cm³/mol. The summed E-state index contributed by atoms with van der Waals surface area (Å²) in [6, 6.07) is 10.8. The fourth-order valence-corrected chi connectivity index (χ4v) is 2.36. The SMILES string of the molecule is CC(C)(C)c1ccc(NC(=O)c2ncn(-c3ccc(F)c(F)c3)n2)cc1. The van der Waals surface area contributed by atoms with Crippen molar-refractivity contribution in [2.45, 2.75) is 26.2 Å². The van der Waals surface area contributed by atoms with Gasteiger partial charge in [-0.1, -0.05) is 32.9 Å². The molecule has 0 radical (unpaired) electrons. The summed E-state index contributed by atoms with van der Waals surface area (Å²) in [5, 5.41) is 6.72. The van der Waals surface area contributed by atoms with Crippen LogP contribution in [0.5, 0.6) is 0 Å². The lowest BCUT2D eigenvalue weighted by Gasteiger charge is -2.19. The highest BCUT2D eigenvalue weighted by Crippen LogP contribution is 2.23. The van der Waals surface area contributed by atoms with Crippen molar-refractivity contribution >= 4 is 11.6 Å². The van der Waals surface area contributed by atoms with Crippen molar-refractivity contribution in [1.29, 1.82) is 0 Å². The number of carbonyl (C=O) groups excluding carboxylic acids is 1. The first-order valence-electron chi connectivity index (χ1n) is 8.03. The molecule has 0 bridgehead atoms. The molecule has 0 saturated heterocycles. The average Bonchev–Trinajstić information content (AvgIpc) is 3.07. The van der Waals surface area contributed by atoms with Gasteiger partial charge in [-0.3, -0.25) is 4.79 Å². The predicted octanol–water partition coefficient (Wildman–Crippen LogP) is 4.10. The topological polar surface area (TPSA) is 59.8 Å². The van der Waals surface area contributed by atoms with Gasteiger partial charge in [-0.2, -0.15) is 0 Å². The van der Waals surface area contributed by atoms with E-state index in [0.717, 1.165) is 17.7 Å². The van der Waals surface area contributed by atoms with Crippen molar-refractivity contribution in [2.24, 2.45) is 0 Å². The summed E-state index contributed by atoms with van der Waals surface area (Å²) in [4.78, 5) is 16.2. The Labute approximate surface area is 149 Å². The third kappa shape index (κ3) is 3.77. The molecule has 0 aliphatic carbocycles. The van der Waals surface area contributed by atoms with Crippen molar-refractivity contribution in [3.63, 3.8) is 0 Å². The van der Waals surface area contributed by atoms with E-state index in [2.05, 4.69) is 36.2 Å². The van der Waals surface area contributed by atoms with Crippen LogP contribution in [0, 0.1) is 11.6 Å². The quantitative estimate of drug-likeness (QED) is 0.769. The molecule has 0 saturated carbocycles. The van der Waals surface area contributed by atoms with Crippen molar-refractivity contribution in [3.8, 4) is 5.69 Å². The fraction of sp³-hybridized carbons (Fsp3) is 0.211. The molecule has 1 aromatic heterocycles. The third-order valence-electron chi connectivity index (χ3n) is 3.87. The van der Waals surface area contributed by atoms with Crippen molar-refractivity contribution in [1.82, 2.24) is 14.8 Å².